The molecule has 1 fully saturated rings. The van der Waals surface area contributed by atoms with Crippen molar-refractivity contribution in [2.75, 3.05) is 19.6 Å². The third kappa shape index (κ3) is 6.69. The molecule has 4 rings (SSSR count). The van der Waals surface area contributed by atoms with E-state index in [1.54, 1.807) is 12.1 Å². The molecule has 0 aliphatic carbocycles. The smallest absolute Gasteiger partial charge is 0.254 e. The maximum Gasteiger partial charge on any atom is 0.254 e. The number of hydrogen-bond acceptors (Lipinski definition) is 3. The molecule has 0 unspecified atom stereocenters. The molecule has 2 aromatic carbocycles. The molecule has 4 nitrogen and oxygen atoms in total. The zero-order valence-corrected chi connectivity index (χ0v) is 22.3. The Bertz CT molecular complexity index is 1130. The van der Waals surface area contributed by atoms with Crippen molar-refractivity contribution in [2.45, 2.75) is 52.6 Å². The number of likely N-dealkylation sites (tertiary alicyclic amines) is 1. The van der Waals surface area contributed by atoms with Crippen molar-refractivity contribution in [2.24, 2.45) is 5.92 Å². The molecular formula is C29H34Cl2N2O2. The van der Waals surface area contributed by atoms with E-state index in [0.717, 1.165) is 49.4 Å². The highest BCUT2D eigenvalue weighted by Crippen LogP contribution is 2.31. The molecule has 2 heterocycles. The molecule has 0 radical (unpaired) electrons. The Labute approximate surface area is 218 Å². The van der Waals surface area contributed by atoms with E-state index in [1.165, 1.54) is 6.42 Å². The highest BCUT2D eigenvalue weighted by Gasteiger charge is 2.29. The van der Waals surface area contributed by atoms with E-state index < -0.39 is 0 Å². The number of piperidine rings is 1. The van der Waals surface area contributed by atoms with Crippen LogP contribution in [0.5, 0.6) is 0 Å². The summed E-state index contributed by atoms with van der Waals surface area (Å²) in [6.07, 6.45) is 3.15. The monoisotopic (exact) mass is 512 g/mol. The van der Waals surface area contributed by atoms with Gasteiger partial charge in [0.2, 0.25) is 0 Å². The third-order valence-electron chi connectivity index (χ3n) is 6.77. The SMILES string of the molecule is Cc1ccc(C(=O)N(Cc2ccc(-c3ccc(Cl)c(Cl)c3)o2)C2CCN(CCC(C)C)CC2)cc1. The topological polar surface area (TPSA) is 36.7 Å². The first-order valence-corrected chi connectivity index (χ1v) is 13.2. The predicted molar refractivity (Wildman–Crippen MR) is 144 cm³/mol. The van der Waals surface area contributed by atoms with E-state index in [9.17, 15) is 4.79 Å². The molecule has 0 bridgehead atoms. The summed E-state index contributed by atoms with van der Waals surface area (Å²) in [5.41, 5.74) is 2.72. The third-order valence-corrected chi connectivity index (χ3v) is 7.51. The maximum absolute atomic E-state index is 13.7. The Morgan fingerprint density at radius 2 is 1.74 bits per heavy atom. The Morgan fingerprint density at radius 1 is 1.03 bits per heavy atom. The molecule has 0 spiro atoms. The second kappa shape index (κ2) is 11.6. The van der Waals surface area contributed by atoms with Crippen molar-refractivity contribution in [3.63, 3.8) is 0 Å². The minimum absolute atomic E-state index is 0.0538. The molecule has 0 N–H and O–H groups in total. The number of carbonyl (C=O) groups excluding carboxylic acids is 1. The van der Waals surface area contributed by atoms with Gasteiger partial charge < -0.3 is 14.2 Å². The number of rotatable bonds is 8. The maximum atomic E-state index is 13.7. The normalized spacial score (nSPS) is 15.0. The van der Waals surface area contributed by atoms with Crippen LogP contribution in [0.2, 0.25) is 10.0 Å². The van der Waals surface area contributed by atoms with Crippen molar-refractivity contribution in [3.05, 3.63) is 81.5 Å². The molecule has 0 atom stereocenters. The van der Waals surface area contributed by atoms with Crippen LogP contribution in [-0.2, 0) is 6.54 Å². The van der Waals surface area contributed by atoms with E-state index >= 15 is 0 Å². The highest BCUT2D eigenvalue weighted by molar-refractivity contribution is 6.42. The fourth-order valence-corrected chi connectivity index (χ4v) is 4.86. The standard InChI is InChI=1S/C29H34Cl2N2O2/c1-20(2)12-15-32-16-13-24(14-17-32)33(29(34)22-6-4-21(3)5-7-22)19-25-9-11-28(35-25)23-8-10-26(30)27(31)18-23/h4-11,18,20,24H,12-17,19H2,1-3H3. The van der Waals surface area contributed by atoms with Crippen molar-refractivity contribution >= 4 is 29.1 Å². The van der Waals surface area contributed by atoms with Gasteiger partial charge in [-0.3, -0.25) is 4.79 Å². The Morgan fingerprint density at radius 3 is 2.40 bits per heavy atom. The molecule has 0 saturated carbocycles. The van der Waals surface area contributed by atoms with Crippen LogP contribution in [-0.4, -0.2) is 41.4 Å². The van der Waals surface area contributed by atoms with Gasteiger partial charge in [0.05, 0.1) is 16.6 Å². The summed E-state index contributed by atoms with van der Waals surface area (Å²) < 4.78 is 6.17. The van der Waals surface area contributed by atoms with Gasteiger partial charge in [-0.05, 0) is 81.1 Å². The van der Waals surface area contributed by atoms with Gasteiger partial charge in [-0.25, -0.2) is 0 Å². The van der Waals surface area contributed by atoms with Gasteiger partial charge in [0, 0.05) is 30.3 Å². The lowest BCUT2D eigenvalue weighted by atomic mass is 10.0. The summed E-state index contributed by atoms with van der Waals surface area (Å²) in [6, 6.07) is 17.3. The second-order valence-corrected chi connectivity index (χ2v) is 10.8. The van der Waals surface area contributed by atoms with Crippen LogP contribution >= 0.6 is 23.2 Å². The molecule has 186 valence electrons. The molecule has 1 amide bonds. The van der Waals surface area contributed by atoms with E-state index in [2.05, 4.69) is 18.7 Å². The van der Waals surface area contributed by atoms with Crippen LogP contribution in [0.3, 0.4) is 0 Å². The summed E-state index contributed by atoms with van der Waals surface area (Å²) in [4.78, 5) is 18.2. The van der Waals surface area contributed by atoms with E-state index in [4.69, 9.17) is 27.6 Å². The largest absolute Gasteiger partial charge is 0.459 e. The van der Waals surface area contributed by atoms with Crippen LogP contribution < -0.4 is 0 Å². The molecular weight excluding hydrogens is 479 g/mol. The van der Waals surface area contributed by atoms with Gasteiger partial charge in [-0.1, -0.05) is 54.7 Å². The quantitative estimate of drug-likeness (QED) is 0.310. The average Bonchev–Trinajstić information content (AvgIpc) is 3.32. The lowest BCUT2D eigenvalue weighted by molar-refractivity contribution is 0.0527. The molecule has 1 aliphatic heterocycles. The summed E-state index contributed by atoms with van der Waals surface area (Å²) >= 11 is 12.3. The minimum Gasteiger partial charge on any atom is -0.459 e. The van der Waals surface area contributed by atoms with Gasteiger partial charge in [-0.15, -0.1) is 0 Å². The minimum atomic E-state index is 0.0538. The second-order valence-electron chi connectivity index (χ2n) is 9.95. The Balaban J connectivity index is 1.52. The fraction of sp³-hybridized carbons (Fsp3) is 0.414. The lowest BCUT2D eigenvalue weighted by Crippen LogP contribution is -2.47. The van der Waals surface area contributed by atoms with Crippen LogP contribution in [0.4, 0.5) is 0 Å². The van der Waals surface area contributed by atoms with E-state index in [1.807, 2.05) is 54.3 Å². The van der Waals surface area contributed by atoms with Crippen LogP contribution in [0, 0.1) is 12.8 Å². The van der Waals surface area contributed by atoms with Crippen LogP contribution in [0.25, 0.3) is 11.3 Å². The molecule has 6 heteroatoms. The predicted octanol–water partition coefficient (Wildman–Crippen LogP) is 7.71. The number of carbonyl (C=O) groups is 1. The zero-order chi connectivity index (χ0) is 24.9. The number of hydrogen-bond donors (Lipinski definition) is 0. The van der Waals surface area contributed by atoms with Crippen LogP contribution in [0.15, 0.2) is 59.0 Å². The Kier molecular flexibility index (Phi) is 8.59. The summed E-state index contributed by atoms with van der Waals surface area (Å²) in [5.74, 6) is 2.23. The van der Waals surface area contributed by atoms with Gasteiger partial charge in [0.25, 0.3) is 5.91 Å². The van der Waals surface area contributed by atoms with Gasteiger partial charge in [-0.2, -0.15) is 0 Å². The van der Waals surface area contributed by atoms with Gasteiger partial charge >= 0.3 is 0 Å². The molecule has 1 aromatic heterocycles. The number of amides is 1. The lowest BCUT2D eigenvalue weighted by Gasteiger charge is -2.38. The molecule has 35 heavy (non-hydrogen) atoms. The first-order chi connectivity index (χ1) is 16.8. The average molecular weight is 514 g/mol. The van der Waals surface area contributed by atoms with Gasteiger partial charge in [0.15, 0.2) is 0 Å². The number of furan rings is 1. The first-order valence-electron chi connectivity index (χ1n) is 12.4. The molecule has 3 aromatic rings. The Hall–Kier alpha value is -2.27. The van der Waals surface area contributed by atoms with Crippen molar-refractivity contribution in [3.8, 4) is 11.3 Å². The number of benzene rings is 2. The first kappa shape index (κ1) is 25.8. The van der Waals surface area contributed by atoms with Crippen molar-refractivity contribution < 1.29 is 9.21 Å². The fourth-order valence-electron chi connectivity index (χ4n) is 4.56. The van der Waals surface area contributed by atoms with Gasteiger partial charge in [0.1, 0.15) is 11.5 Å². The van der Waals surface area contributed by atoms with E-state index in [0.29, 0.717) is 33.8 Å². The van der Waals surface area contributed by atoms with Crippen LogP contribution in [0.1, 0.15) is 54.8 Å². The van der Waals surface area contributed by atoms with E-state index in [-0.39, 0.29) is 11.9 Å². The number of aryl methyl sites for hydroxylation is 1. The molecule has 1 aliphatic rings. The summed E-state index contributed by atoms with van der Waals surface area (Å²) in [6.45, 7) is 10.2. The van der Waals surface area contributed by atoms with Crippen molar-refractivity contribution in [1.29, 1.82) is 0 Å². The number of nitrogens with zero attached hydrogens (tertiary/aromatic N) is 2. The molecule has 1 saturated heterocycles. The van der Waals surface area contributed by atoms with Crippen molar-refractivity contribution in [1.82, 2.24) is 9.80 Å². The highest BCUT2D eigenvalue weighted by atomic mass is 35.5. The summed E-state index contributed by atoms with van der Waals surface area (Å²) in [5, 5.41) is 0.999. The summed E-state index contributed by atoms with van der Waals surface area (Å²) in [7, 11) is 0. The number of halogens is 2. The zero-order valence-electron chi connectivity index (χ0n) is 20.8.